The second-order valence-electron chi connectivity index (χ2n) is 8.17. The molecule has 0 spiro atoms. The molecule has 1 aliphatic rings. The third kappa shape index (κ3) is 4.02. The van der Waals surface area contributed by atoms with Crippen molar-refractivity contribution in [1.82, 2.24) is 19.7 Å². The number of rotatable bonds is 5. The lowest BCUT2D eigenvalue weighted by atomic mass is 9.85. The zero-order chi connectivity index (χ0) is 19.7. The smallest absolute Gasteiger partial charge is 0.133 e. The highest BCUT2D eigenvalue weighted by molar-refractivity contribution is 5.88. The maximum Gasteiger partial charge on any atom is 0.133 e. The monoisotopic (exact) mass is 381 g/mol. The zero-order valence-electron chi connectivity index (χ0n) is 16.8. The van der Waals surface area contributed by atoms with Crippen LogP contribution >= 0.6 is 0 Å². The molecule has 3 aromatic rings. The largest absolute Gasteiger partial charge is 0.370 e. The quantitative estimate of drug-likeness (QED) is 0.715. The summed E-state index contributed by atoms with van der Waals surface area (Å²) in [5.74, 6) is 1.23. The van der Waals surface area contributed by atoms with E-state index in [9.17, 15) is 4.39 Å². The Morgan fingerprint density at radius 1 is 1.11 bits per heavy atom. The third-order valence-electron chi connectivity index (χ3n) is 5.94. The van der Waals surface area contributed by atoms with E-state index in [4.69, 9.17) is 0 Å². The first-order valence-corrected chi connectivity index (χ1v) is 9.98. The molecule has 0 bridgehead atoms. The van der Waals surface area contributed by atoms with E-state index in [1.54, 1.807) is 23.1 Å². The summed E-state index contributed by atoms with van der Waals surface area (Å²) in [5.41, 5.74) is 1.74. The minimum Gasteiger partial charge on any atom is -0.370 e. The van der Waals surface area contributed by atoms with Crippen molar-refractivity contribution < 1.29 is 4.39 Å². The number of pyridine rings is 1. The second-order valence-corrected chi connectivity index (χ2v) is 8.17. The van der Waals surface area contributed by atoms with Gasteiger partial charge in [-0.2, -0.15) is 5.10 Å². The Bertz CT molecular complexity index is 957. The van der Waals surface area contributed by atoms with Gasteiger partial charge < -0.3 is 10.2 Å². The van der Waals surface area contributed by atoms with Crippen molar-refractivity contribution in [2.45, 2.75) is 31.7 Å². The fraction of sp³-hybridized carbons (Fsp3) is 0.455. The topological polar surface area (TPSA) is 46.0 Å². The van der Waals surface area contributed by atoms with Crippen LogP contribution in [0.1, 0.15) is 25.7 Å². The third-order valence-corrected chi connectivity index (χ3v) is 5.94. The molecule has 2 aromatic heterocycles. The van der Waals surface area contributed by atoms with Crippen LogP contribution < -0.4 is 5.32 Å². The van der Waals surface area contributed by atoms with E-state index >= 15 is 0 Å². The lowest BCUT2D eigenvalue weighted by molar-refractivity contribution is 0.198. The number of fused-ring (bicyclic) bond motifs is 1. The van der Waals surface area contributed by atoms with Gasteiger partial charge in [0, 0.05) is 43.0 Å². The maximum atomic E-state index is 14.6. The van der Waals surface area contributed by atoms with E-state index < -0.39 is 0 Å². The molecule has 1 N–H and O–H groups in total. The van der Waals surface area contributed by atoms with E-state index in [0.717, 1.165) is 28.9 Å². The molecule has 148 valence electrons. The molecule has 1 saturated carbocycles. The Kier molecular flexibility index (Phi) is 5.31. The summed E-state index contributed by atoms with van der Waals surface area (Å²) in [6.45, 7) is 0.920. The van der Waals surface area contributed by atoms with Crippen LogP contribution in [0.3, 0.4) is 0 Å². The molecule has 0 amide bonds. The van der Waals surface area contributed by atoms with Crippen LogP contribution in [-0.2, 0) is 7.05 Å². The Balaban J connectivity index is 1.48. The van der Waals surface area contributed by atoms with Crippen LogP contribution in [0.5, 0.6) is 0 Å². The summed E-state index contributed by atoms with van der Waals surface area (Å²) >= 11 is 0. The van der Waals surface area contributed by atoms with Gasteiger partial charge in [-0.25, -0.2) is 9.37 Å². The summed E-state index contributed by atoms with van der Waals surface area (Å²) in [4.78, 5) is 6.76. The van der Waals surface area contributed by atoms with Gasteiger partial charge >= 0.3 is 0 Å². The molecule has 1 fully saturated rings. The molecule has 0 saturated heterocycles. The molecule has 0 unspecified atom stereocenters. The molecule has 28 heavy (non-hydrogen) atoms. The van der Waals surface area contributed by atoms with E-state index in [-0.39, 0.29) is 5.82 Å². The van der Waals surface area contributed by atoms with Gasteiger partial charge in [0.25, 0.3) is 0 Å². The first-order valence-electron chi connectivity index (χ1n) is 9.98. The Labute approximate surface area is 165 Å². The Morgan fingerprint density at radius 3 is 2.57 bits per heavy atom. The molecular formula is C22H28FN5. The first-order chi connectivity index (χ1) is 13.5. The van der Waals surface area contributed by atoms with E-state index in [1.807, 2.05) is 25.4 Å². The van der Waals surface area contributed by atoms with Crippen molar-refractivity contribution in [3.05, 3.63) is 42.6 Å². The summed E-state index contributed by atoms with van der Waals surface area (Å²) in [7, 11) is 6.20. The number of nitrogens with one attached hydrogen (secondary N) is 1. The van der Waals surface area contributed by atoms with Crippen LogP contribution in [0.4, 0.5) is 10.2 Å². The van der Waals surface area contributed by atoms with Crippen molar-refractivity contribution in [1.29, 1.82) is 0 Å². The number of nitrogens with zero attached hydrogens (tertiary/aromatic N) is 4. The van der Waals surface area contributed by atoms with E-state index in [2.05, 4.69) is 34.4 Å². The number of hydrogen-bond donors (Lipinski definition) is 1. The number of aryl methyl sites for hydroxylation is 1. The van der Waals surface area contributed by atoms with Crippen molar-refractivity contribution in [2.75, 3.05) is 26.0 Å². The van der Waals surface area contributed by atoms with Gasteiger partial charge in [-0.3, -0.25) is 4.68 Å². The number of hydrogen-bond acceptors (Lipinski definition) is 4. The standard InChI is InChI=1S/C22H28FN5/c1-27(2)19-6-4-15(5-7-19)11-24-22-10-17-8-16(18-12-26-28(3)14-18)9-21(23)20(17)13-25-22/h8-10,12-15,19H,4-7,11H2,1-3H3,(H,24,25). The number of benzene rings is 1. The molecular weight excluding hydrogens is 353 g/mol. The molecule has 0 radical (unpaired) electrons. The van der Waals surface area contributed by atoms with Gasteiger partial charge in [-0.05, 0) is 74.8 Å². The maximum absolute atomic E-state index is 14.6. The second kappa shape index (κ2) is 7.87. The summed E-state index contributed by atoms with van der Waals surface area (Å²) in [6.07, 6.45) is 10.3. The van der Waals surface area contributed by atoms with Crippen LogP contribution in [0.25, 0.3) is 21.9 Å². The molecule has 0 aliphatic heterocycles. The van der Waals surface area contributed by atoms with Crippen molar-refractivity contribution >= 4 is 16.6 Å². The predicted molar refractivity (Wildman–Crippen MR) is 112 cm³/mol. The van der Waals surface area contributed by atoms with Crippen LogP contribution in [0, 0.1) is 11.7 Å². The SMILES string of the molecule is CN(C)C1CCC(CNc2cc3cc(-c4cnn(C)c4)cc(F)c3cn2)CC1. The number of aromatic nitrogens is 3. The molecule has 5 nitrogen and oxygen atoms in total. The highest BCUT2D eigenvalue weighted by atomic mass is 19.1. The number of anilines is 1. The van der Waals surface area contributed by atoms with Crippen LogP contribution in [0.2, 0.25) is 0 Å². The summed E-state index contributed by atoms with van der Waals surface area (Å²) in [5, 5.41) is 9.05. The average molecular weight is 381 g/mol. The van der Waals surface area contributed by atoms with Crippen LogP contribution in [-0.4, -0.2) is 46.3 Å². The molecule has 1 aliphatic carbocycles. The summed E-state index contributed by atoms with van der Waals surface area (Å²) < 4.78 is 16.3. The number of halogens is 1. The minimum absolute atomic E-state index is 0.252. The van der Waals surface area contributed by atoms with Gasteiger partial charge in [0.2, 0.25) is 0 Å². The first kappa shape index (κ1) is 18.9. The molecule has 6 heteroatoms. The van der Waals surface area contributed by atoms with Crippen molar-refractivity contribution in [2.24, 2.45) is 13.0 Å². The van der Waals surface area contributed by atoms with Gasteiger partial charge in [0.15, 0.2) is 0 Å². The van der Waals surface area contributed by atoms with Gasteiger partial charge in [0.1, 0.15) is 11.6 Å². The van der Waals surface area contributed by atoms with E-state index in [0.29, 0.717) is 17.3 Å². The lowest BCUT2D eigenvalue weighted by Gasteiger charge is -2.32. The molecule has 4 rings (SSSR count). The fourth-order valence-electron chi connectivity index (χ4n) is 4.16. The van der Waals surface area contributed by atoms with Gasteiger partial charge in [-0.15, -0.1) is 0 Å². The Hall–Kier alpha value is -2.47. The van der Waals surface area contributed by atoms with E-state index in [1.165, 1.54) is 25.7 Å². The summed E-state index contributed by atoms with van der Waals surface area (Å²) in [6, 6.07) is 6.22. The predicted octanol–water partition coefficient (Wildman–Crippen LogP) is 4.31. The van der Waals surface area contributed by atoms with Gasteiger partial charge in [0.05, 0.1) is 6.20 Å². The Morgan fingerprint density at radius 2 is 1.89 bits per heavy atom. The zero-order valence-corrected chi connectivity index (χ0v) is 16.8. The highest BCUT2D eigenvalue weighted by Crippen LogP contribution is 2.29. The molecule has 0 atom stereocenters. The highest BCUT2D eigenvalue weighted by Gasteiger charge is 2.22. The van der Waals surface area contributed by atoms with Gasteiger partial charge in [-0.1, -0.05) is 0 Å². The normalized spacial score (nSPS) is 20.0. The van der Waals surface area contributed by atoms with Crippen molar-refractivity contribution in [3.63, 3.8) is 0 Å². The molecule has 2 heterocycles. The van der Waals surface area contributed by atoms with Crippen LogP contribution in [0.15, 0.2) is 36.8 Å². The minimum atomic E-state index is -0.252. The molecule has 1 aromatic carbocycles. The fourth-order valence-corrected chi connectivity index (χ4v) is 4.16. The average Bonchev–Trinajstić information content (AvgIpc) is 3.13. The van der Waals surface area contributed by atoms with Crippen molar-refractivity contribution in [3.8, 4) is 11.1 Å². The lowest BCUT2D eigenvalue weighted by Crippen LogP contribution is -2.33.